The molecule has 5 heteroatoms. The van der Waals surface area contributed by atoms with Crippen LogP contribution >= 0.6 is 8.84 Å². The van der Waals surface area contributed by atoms with E-state index in [1.165, 1.54) is 15.2 Å². The van der Waals surface area contributed by atoms with Crippen LogP contribution in [0.1, 0.15) is 0 Å². The Labute approximate surface area is 41.4 Å². The van der Waals surface area contributed by atoms with E-state index < -0.39 is 0 Å². The van der Waals surface area contributed by atoms with Crippen molar-refractivity contribution >= 4 is 15.2 Å². The molecule has 27 valence electrons. The molecule has 0 radical (unpaired) electrons. The molecule has 2 nitrogen and oxygen atoms in total. The van der Waals surface area contributed by atoms with Crippen LogP contribution in [0.3, 0.4) is 0 Å². The summed E-state index contributed by atoms with van der Waals surface area (Å²) in [6.07, 6.45) is 1.19. The Bertz CT molecular complexity index is 56.7. The van der Waals surface area contributed by atoms with E-state index in [0.717, 1.165) is 0 Å². The molecule has 0 aromatic rings. The van der Waals surface area contributed by atoms with E-state index in [1.807, 2.05) is 0 Å². The standard InChI is InChI=1S/BHO2S.V/c2-3-1-4;/h2H;. The van der Waals surface area contributed by atoms with Gasteiger partial charge in [0.1, 0.15) is 0 Å². The average Bonchev–Trinajstić information content (AvgIpc) is 1.41. The second kappa shape index (κ2) is 4.79. The van der Waals surface area contributed by atoms with E-state index in [9.17, 15) is 0 Å². The molecule has 0 rings (SSSR count). The fourth-order valence-corrected chi connectivity index (χ4v) is 0.238. The third-order valence-corrected chi connectivity index (χ3v) is 0.661. The first-order valence-corrected chi connectivity index (χ1v) is 3.38. The molecule has 0 saturated heterocycles. The summed E-state index contributed by atoms with van der Waals surface area (Å²) < 4.78 is 0. The first kappa shape index (κ1) is 5.79. The second-order valence-electron chi connectivity index (χ2n) is 0.307. The van der Waals surface area contributed by atoms with Gasteiger partial charge in [0.25, 0.3) is 0 Å². The Balaban J connectivity index is 2.93. The molecular weight excluding hydrogens is 126 g/mol. The van der Waals surface area contributed by atoms with Crippen LogP contribution in [0, 0.1) is 0 Å². The maximum absolute atomic E-state index is 7.48. The van der Waals surface area contributed by atoms with Gasteiger partial charge in [-0.2, -0.15) is 0 Å². The Morgan fingerprint density at radius 2 is 2.60 bits per heavy atom. The van der Waals surface area contributed by atoms with Crippen molar-refractivity contribution in [3.8, 4) is 0 Å². The van der Waals surface area contributed by atoms with Gasteiger partial charge in [-0.05, 0) is 0 Å². The number of rotatable bonds is 1. The van der Waals surface area contributed by atoms with Crippen molar-refractivity contribution in [3.05, 3.63) is 0 Å². The monoisotopic (exact) mass is 127 g/mol. The molecule has 0 bridgehead atoms. The van der Waals surface area contributed by atoms with Crippen molar-refractivity contribution in [2.45, 2.75) is 0 Å². The van der Waals surface area contributed by atoms with Crippen molar-refractivity contribution in [1.29, 1.82) is 0 Å². The van der Waals surface area contributed by atoms with Gasteiger partial charge in [-0.1, -0.05) is 0 Å². The molecule has 1 N–H and O–H groups in total. The topological polar surface area (TPSA) is 29.5 Å². The van der Waals surface area contributed by atoms with Crippen LogP contribution in [0.4, 0.5) is 0 Å². The fourth-order valence-electron chi connectivity index (χ4n) is 0.0192. The zero-order valence-corrected chi connectivity index (χ0v) is 4.50. The van der Waals surface area contributed by atoms with Crippen molar-refractivity contribution in [3.63, 3.8) is 0 Å². The Kier molecular flexibility index (Phi) is 5.55. The summed E-state index contributed by atoms with van der Waals surface area (Å²) in [5.41, 5.74) is 0. The summed E-state index contributed by atoms with van der Waals surface area (Å²) in [5.74, 6) is 0. The van der Waals surface area contributed by atoms with Gasteiger partial charge in [-0.25, -0.2) is 0 Å². The molecule has 0 amide bonds. The molecule has 0 aromatic heterocycles. The maximum atomic E-state index is 7.48. The Hall–Kier alpha value is 0.789. The van der Waals surface area contributed by atoms with E-state index >= 15 is 0 Å². The summed E-state index contributed by atoms with van der Waals surface area (Å²) >= 11 is 2.15. The van der Waals surface area contributed by atoms with Gasteiger partial charge in [0.05, 0.1) is 0 Å². The van der Waals surface area contributed by atoms with Gasteiger partial charge in [0.15, 0.2) is 0 Å². The van der Waals surface area contributed by atoms with Crippen molar-refractivity contribution in [1.82, 2.24) is 0 Å². The van der Waals surface area contributed by atoms with Crippen molar-refractivity contribution < 1.29 is 25.8 Å². The van der Waals surface area contributed by atoms with E-state index in [4.69, 9.17) is 5.26 Å². The summed E-state index contributed by atoms with van der Waals surface area (Å²) in [6.45, 7) is 0. The quantitative estimate of drug-likeness (QED) is 0.309. The number of hydrogen-bond acceptors (Lipinski definition) is 2. The normalized spacial score (nSPS) is 5.60. The summed E-state index contributed by atoms with van der Waals surface area (Å²) in [5, 5.41) is 7.48. The molecule has 0 aliphatic carbocycles. The van der Waals surface area contributed by atoms with Gasteiger partial charge < -0.3 is 0 Å². The summed E-state index contributed by atoms with van der Waals surface area (Å²) in [4.78, 5) is 3.51. The Morgan fingerprint density at radius 1 is 2.00 bits per heavy atom. The zero-order chi connectivity index (χ0) is 4.12. The molecule has 0 saturated carbocycles. The Morgan fingerprint density at radius 3 is 2.60 bits per heavy atom. The number of hydrogen-bond donors (Lipinski definition) is 1. The van der Waals surface area contributed by atoms with Crippen LogP contribution in [0.5, 0.6) is 0 Å². The van der Waals surface area contributed by atoms with Gasteiger partial charge in [-0.15, -0.1) is 0 Å². The molecule has 0 heterocycles. The second-order valence-corrected chi connectivity index (χ2v) is 1.70. The third-order valence-electron chi connectivity index (χ3n) is 0.0861. The van der Waals surface area contributed by atoms with Crippen molar-refractivity contribution in [2.24, 2.45) is 0 Å². The summed E-state index contributed by atoms with van der Waals surface area (Å²) in [7, 11) is 1.24. The predicted octanol–water partition coefficient (Wildman–Crippen LogP) is 0.205. The van der Waals surface area contributed by atoms with E-state index in [0.29, 0.717) is 0 Å². The minimum absolute atomic E-state index is 1.19. The molecule has 0 aliphatic heterocycles. The molecule has 0 aliphatic rings. The van der Waals surface area contributed by atoms with Gasteiger partial charge in [0, 0.05) is 0 Å². The minimum atomic E-state index is 1.19. The first-order chi connectivity index (χ1) is 2.41. The van der Waals surface area contributed by atoms with Crippen LogP contribution < -0.4 is 0 Å². The van der Waals surface area contributed by atoms with E-state index in [2.05, 4.69) is 20.5 Å². The van der Waals surface area contributed by atoms with Crippen LogP contribution in [0.15, 0.2) is 0 Å². The molecule has 0 atom stereocenters. The third kappa shape index (κ3) is 4.79. The molecule has 5 heavy (non-hydrogen) atoms. The first-order valence-electron chi connectivity index (χ1n) is 0.837. The van der Waals surface area contributed by atoms with Crippen LogP contribution in [0.2, 0.25) is 0 Å². The van der Waals surface area contributed by atoms with Crippen LogP contribution in [-0.4, -0.2) is 11.6 Å². The van der Waals surface area contributed by atoms with Crippen LogP contribution in [-0.2, 0) is 20.5 Å². The predicted molar refractivity (Wildman–Crippen MR) is 17.1 cm³/mol. The summed E-state index contributed by atoms with van der Waals surface area (Å²) in [6, 6.07) is 0. The SMILES string of the molecule is OOB=[S]=[V]. The van der Waals surface area contributed by atoms with Gasteiger partial charge in [-0.3, -0.25) is 0 Å². The van der Waals surface area contributed by atoms with E-state index in [-0.39, 0.29) is 0 Å². The molecule has 0 aromatic carbocycles. The zero-order valence-electron chi connectivity index (χ0n) is 2.29. The molecule has 0 fully saturated rings. The fraction of sp³-hybridized carbons (Fsp3) is 0. The average molecular weight is 127 g/mol. The molecule has 0 unspecified atom stereocenters. The van der Waals surface area contributed by atoms with Crippen molar-refractivity contribution in [2.75, 3.05) is 0 Å². The van der Waals surface area contributed by atoms with E-state index in [1.54, 1.807) is 0 Å². The van der Waals surface area contributed by atoms with Gasteiger partial charge in [0.2, 0.25) is 0 Å². The van der Waals surface area contributed by atoms with Gasteiger partial charge >= 0.3 is 41.0 Å². The van der Waals surface area contributed by atoms with Crippen LogP contribution in [0.25, 0.3) is 0 Å². The molecular formula is HBO2SV. The molecule has 0 spiro atoms.